The molecule has 2 heterocycles. The first-order valence-corrected chi connectivity index (χ1v) is 6.64. The first-order valence-electron chi connectivity index (χ1n) is 6.64. The molecule has 0 fully saturated rings. The maximum absolute atomic E-state index is 13.2. The number of fused-ring (bicyclic) bond motifs is 2. The molecule has 1 unspecified atom stereocenters. The van der Waals surface area contributed by atoms with Gasteiger partial charge >= 0.3 is 0 Å². The van der Waals surface area contributed by atoms with E-state index in [0.29, 0.717) is 22.5 Å². The van der Waals surface area contributed by atoms with E-state index in [0.717, 1.165) is 11.0 Å². The van der Waals surface area contributed by atoms with Gasteiger partial charge in [-0.2, -0.15) is 0 Å². The average Bonchev–Trinajstić information content (AvgIpc) is 3.09. The van der Waals surface area contributed by atoms with Gasteiger partial charge in [0.05, 0.1) is 0 Å². The van der Waals surface area contributed by atoms with Crippen LogP contribution in [0.25, 0.3) is 21.9 Å². The van der Waals surface area contributed by atoms with Gasteiger partial charge in [-0.1, -0.05) is 18.2 Å². The van der Waals surface area contributed by atoms with Crippen molar-refractivity contribution < 1.29 is 13.2 Å². The molecule has 4 rings (SSSR count). The van der Waals surface area contributed by atoms with Crippen LogP contribution >= 0.6 is 0 Å². The summed E-state index contributed by atoms with van der Waals surface area (Å²) in [5.74, 6) is 0.873. The van der Waals surface area contributed by atoms with Gasteiger partial charge in [-0.15, -0.1) is 0 Å². The van der Waals surface area contributed by atoms with Crippen LogP contribution in [0.3, 0.4) is 0 Å². The van der Waals surface area contributed by atoms with Crippen LogP contribution in [-0.4, -0.2) is 0 Å². The van der Waals surface area contributed by atoms with Gasteiger partial charge in [0.25, 0.3) is 0 Å². The van der Waals surface area contributed by atoms with Crippen molar-refractivity contribution in [2.24, 2.45) is 5.73 Å². The quantitative estimate of drug-likeness (QED) is 0.593. The SMILES string of the molecule is NC(c1cc2ccccc2o1)c1cc2cc(F)ccc2o1. The van der Waals surface area contributed by atoms with Gasteiger partial charge in [0, 0.05) is 10.8 Å². The van der Waals surface area contributed by atoms with E-state index in [1.807, 2.05) is 30.3 Å². The number of furan rings is 2. The van der Waals surface area contributed by atoms with Gasteiger partial charge in [-0.3, -0.25) is 0 Å². The van der Waals surface area contributed by atoms with Crippen LogP contribution in [0.1, 0.15) is 17.6 Å². The second-order valence-electron chi connectivity index (χ2n) is 5.00. The third-order valence-corrected chi connectivity index (χ3v) is 3.56. The van der Waals surface area contributed by atoms with Gasteiger partial charge < -0.3 is 14.6 Å². The molecule has 0 amide bonds. The molecule has 2 aromatic heterocycles. The predicted molar refractivity (Wildman–Crippen MR) is 78.4 cm³/mol. The first-order chi connectivity index (χ1) is 10.2. The molecule has 0 aliphatic carbocycles. The highest BCUT2D eigenvalue weighted by molar-refractivity contribution is 5.79. The zero-order valence-corrected chi connectivity index (χ0v) is 11.0. The van der Waals surface area contributed by atoms with E-state index in [4.69, 9.17) is 14.6 Å². The molecule has 0 aliphatic rings. The van der Waals surface area contributed by atoms with Crippen LogP contribution < -0.4 is 5.73 Å². The second-order valence-corrected chi connectivity index (χ2v) is 5.00. The molecular formula is C17H12FNO2. The van der Waals surface area contributed by atoms with Crippen LogP contribution in [0, 0.1) is 5.82 Å². The second kappa shape index (κ2) is 4.46. The smallest absolute Gasteiger partial charge is 0.134 e. The Hall–Kier alpha value is -2.59. The standard InChI is InChI=1S/C17H12FNO2/c18-12-5-6-14-11(7-12)9-16(21-14)17(19)15-8-10-3-1-2-4-13(10)20-15/h1-9,17H,19H2. The Morgan fingerprint density at radius 2 is 1.48 bits per heavy atom. The van der Waals surface area contributed by atoms with E-state index in [9.17, 15) is 4.39 Å². The molecule has 0 bridgehead atoms. The lowest BCUT2D eigenvalue weighted by Crippen LogP contribution is -2.09. The summed E-state index contributed by atoms with van der Waals surface area (Å²) in [6.07, 6.45) is 0. The molecule has 0 saturated heterocycles. The Labute approximate surface area is 119 Å². The van der Waals surface area contributed by atoms with E-state index in [1.54, 1.807) is 12.1 Å². The van der Waals surface area contributed by atoms with E-state index >= 15 is 0 Å². The van der Waals surface area contributed by atoms with Gasteiger partial charge in [-0.05, 0) is 36.4 Å². The molecule has 4 aromatic rings. The van der Waals surface area contributed by atoms with Crippen LogP contribution in [0.4, 0.5) is 4.39 Å². The summed E-state index contributed by atoms with van der Waals surface area (Å²) in [6.45, 7) is 0. The lowest BCUT2D eigenvalue weighted by atomic mass is 10.1. The molecule has 2 aromatic carbocycles. The molecule has 0 saturated carbocycles. The monoisotopic (exact) mass is 281 g/mol. The highest BCUT2D eigenvalue weighted by Gasteiger charge is 2.18. The van der Waals surface area contributed by atoms with Gasteiger partial charge in [0.15, 0.2) is 0 Å². The molecule has 21 heavy (non-hydrogen) atoms. The highest BCUT2D eigenvalue weighted by atomic mass is 19.1. The molecule has 2 N–H and O–H groups in total. The summed E-state index contributed by atoms with van der Waals surface area (Å²) in [5, 5.41) is 1.68. The molecule has 1 atom stereocenters. The molecular weight excluding hydrogens is 269 g/mol. The Morgan fingerprint density at radius 1 is 0.810 bits per heavy atom. The minimum absolute atomic E-state index is 0.299. The predicted octanol–water partition coefficient (Wildman–Crippen LogP) is 4.37. The summed E-state index contributed by atoms with van der Waals surface area (Å²) < 4.78 is 24.6. The third kappa shape index (κ3) is 2.00. The summed E-state index contributed by atoms with van der Waals surface area (Å²) in [6, 6.07) is 15.2. The number of benzene rings is 2. The number of rotatable bonds is 2. The van der Waals surface area contributed by atoms with Crippen molar-refractivity contribution in [2.45, 2.75) is 6.04 Å². The third-order valence-electron chi connectivity index (χ3n) is 3.56. The Kier molecular flexibility index (Phi) is 2.59. The van der Waals surface area contributed by atoms with Crippen molar-refractivity contribution in [3.63, 3.8) is 0 Å². The number of nitrogens with two attached hydrogens (primary N) is 1. The average molecular weight is 281 g/mol. The minimum atomic E-state index is -0.520. The summed E-state index contributed by atoms with van der Waals surface area (Å²) >= 11 is 0. The van der Waals surface area contributed by atoms with E-state index in [1.165, 1.54) is 12.1 Å². The Bertz CT molecular complexity index is 905. The number of halogens is 1. The molecule has 3 nitrogen and oxygen atoms in total. The lowest BCUT2D eigenvalue weighted by Gasteiger charge is -2.03. The normalized spacial score (nSPS) is 13.0. The molecule has 4 heteroatoms. The van der Waals surface area contributed by atoms with Crippen LogP contribution in [0.5, 0.6) is 0 Å². The van der Waals surface area contributed by atoms with Crippen LogP contribution in [-0.2, 0) is 0 Å². The molecule has 0 radical (unpaired) electrons. The van der Waals surface area contributed by atoms with Crippen molar-refractivity contribution in [2.75, 3.05) is 0 Å². The van der Waals surface area contributed by atoms with Crippen molar-refractivity contribution >= 4 is 21.9 Å². The summed E-state index contributed by atoms with van der Waals surface area (Å²) in [4.78, 5) is 0. The largest absolute Gasteiger partial charge is 0.459 e. The zero-order chi connectivity index (χ0) is 14.4. The van der Waals surface area contributed by atoms with E-state index in [2.05, 4.69) is 0 Å². The topological polar surface area (TPSA) is 52.3 Å². The maximum atomic E-state index is 13.2. The minimum Gasteiger partial charge on any atom is -0.459 e. The zero-order valence-electron chi connectivity index (χ0n) is 11.0. The van der Waals surface area contributed by atoms with Gasteiger partial charge in [0.2, 0.25) is 0 Å². The molecule has 0 spiro atoms. The summed E-state index contributed by atoms with van der Waals surface area (Å²) in [7, 11) is 0. The van der Waals surface area contributed by atoms with Crippen molar-refractivity contribution in [3.8, 4) is 0 Å². The maximum Gasteiger partial charge on any atom is 0.134 e. The number of para-hydroxylation sites is 1. The fraction of sp³-hybridized carbons (Fsp3) is 0.0588. The van der Waals surface area contributed by atoms with Crippen molar-refractivity contribution in [3.05, 3.63) is 71.9 Å². The molecule has 104 valence electrons. The summed E-state index contributed by atoms with van der Waals surface area (Å²) in [5.41, 5.74) is 7.59. The van der Waals surface area contributed by atoms with Crippen LogP contribution in [0.2, 0.25) is 0 Å². The van der Waals surface area contributed by atoms with E-state index < -0.39 is 6.04 Å². The lowest BCUT2D eigenvalue weighted by molar-refractivity contribution is 0.463. The fourth-order valence-electron chi connectivity index (χ4n) is 2.48. The Morgan fingerprint density at radius 3 is 2.24 bits per heavy atom. The highest BCUT2D eigenvalue weighted by Crippen LogP contribution is 2.30. The van der Waals surface area contributed by atoms with Crippen LogP contribution in [0.15, 0.2) is 63.4 Å². The number of hydrogen-bond acceptors (Lipinski definition) is 3. The van der Waals surface area contributed by atoms with Gasteiger partial charge in [-0.25, -0.2) is 4.39 Å². The first kappa shape index (κ1) is 12.2. The van der Waals surface area contributed by atoms with Gasteiger partial charge in [0.1, 0.15) is 34.5 Å². The Balaban J connectivity index is 1.79. The van der Waals surface area contributed by atoms with Crippen molar-refractivity contribution in [1.29, 1.82) is 0 Å². The van der Waals surface area contributed by atoms with Crippen molar-refractivity contribution in [1.82, 2.24) is 0 Å². The molecule has 0 aliphatic heterocycles. The van der Waals surface area contributed by atoms with E-state index in [-0.39, 0.29) is 5.82 Å². The number of hydrogen-bond donors (Lipinski definition) is 1. The fourth-order valence-corrected chi connectivity index (χ4v) is 2.48.